The molecule has 1 fully saturated rings. The smallest absolute Gasteiger partial charge is 0.144 e. The Morgan fingerprint density at radius 2 is 2.05 bits per heavy atom. The lowest BCUT2D eigenvalue weighted by Gasteiger charge is -2.34. The second-order valence-corrected chi connectivity index (χ2v) is 6.34. The summed E-state index contributed by atoms with van der Waals surface area (Å²) in [5, 5.41) is 3.42. The van der Waals surface area contributed by atoms with Crippen LogP contribution in [0, 0.1) is 11.8 Å². The minimum absolute atomic E-state index is 0.0806. The van der Waals surface area contributed by atoms with Crippen molar-refractivity contribution < 1.29 is 4.79 Å². The van der Waals surface area contributed by atoms with Crippen LogP contribution in [-0.4, -0.2) is 12.3 Å². The quantitative estimate of drug-likeness (QED) is 0.909. The van der Waals surface area contributed by atoms with E-state index in [0.717, 1.165) is 25.9 Å². The van der Waals surface area contributed by atoms with Gasteiger partial charge in [-0.2, -0.15) is 0 Å². The average Bonchev–Trinajstić information content (AvgIpc) is 2.53. The van der Waals surface area contributed by atoms with E-state index in [1.165, 1.54) is 30.4 Å². The van der Waals surface area contributed by atoms with E-state index >= 15 is 0 Å². The molecule has 3 rings (SSSR count). The first-order valence-electron chi connectivity index (χ1n) is 8.13. The van der Waals surface area contributed by atoms with E-state index in [1.54, 1.807) is 0 Å². The molecule has 1 N–H and O–H groups in total. The number of Topliss-reactive ketones (excluding diaryl/α,β-unsaturated/α-hetero) is 1. The zero-order valence-corrected chi connectivity index (χ0v) is 12.4. The van der Waals surface area contributed by atoms with Gasteiger partial charge in [0.2, 0.25) is 0 Å². The van der Waals surface area contributed by atoms with Crippen molar-refractivity contribution in [1.82, 2.24) is 5.32 Å². The first kappa shape index (κ1) is 13.8. The Labute approximate surface area is 122 Å². The van der Waals surface area contributed by atoms with Crippen molar-refractivity contribution in [2.75, 3.05) is 6.54 Å². The average molecular weight is 271 g/mol. The first-order chi connectivity index (χ1) is 9.81. The molecule has 1 aromatic carbocycles. The summed E-state index contributed by atoms with van der Waals surface area (Å²) in [6, 6.07) is 8.45. The number of nitrogens with one attached hydrogen (secondary N) is 1. The van der Waals surface area contributed by atoms with Crippen LogP contribution < -0.4 is 5.32 Å². The largest absolute Gasteiger partial charge is 0.312 e. The predicted octanol–water partition coefficient (Wildman–Crippen LogP) is 3.66. The van der Waals surface area contributed by atoms with Gasteiger partial charge in [0.05, 0.1) is 5.92 Å². The molecule has 1 aliphatic carbocycles. The molecule has 2 nitrogen and oxygen atoms in total. The lowest BCUT2D eigenvalue weighted by atomic mass is 9.71. The van der Waals surface area contributed by atoms with Gasteiger partial charge in [-0.15, -0.1) is 0 Å². The molecule has 2 heteroatoms. The SMILES string of the molecule is CCC1CCCCC1C(=O)C1CNCc2ccccc21. The first-order valence-corrected chi connectivity index (χ1v) is 8.13. The topological polar surface area (TPSA) is 29.1 Å². The van der Waals surface area contributed by atoms with E-state index in [0.29, 0.717) is 17.6 Å². The molecule has 2 aliphatic rings. The third-order valence-corrected chi connectivity index (χ3v) is 5.24. The van der Waals surface area contributed by atoms with Crippen LogP contribution in [0.2, 0.25) is 0 Å². The Bertz CT molecular complexity index is 482. The molecular formula is C18H25NO. The summed E-state index contributed by atoms with van der Waals surface area (Å²) in [4.78, 5) is 13.0. The molecule has 108 valence electrons. The maximum atomic E-state index is 13.0. The summed E-state index contributed by atoms with van der Waals surface area (Å²) < 4.78 is 0. The van der Waals surface area contributed by atoms with Crippen molar-refractivity contribution in [3.8, 4) is 0 Å². The third-order valence-electron chi connectivity index (χ3n) is 5.24. The summed E-state index contributed by atoms with van der Waals surface area (Å²) in [7, 11) is 0. The molecule has 1 aliphatic heterocycles. The van der Waals surface area contributed by atoms with Gasteiger partial charge in [-0.1, -0.05) is 50.5 Å². The van der Waals surface area contributed by atoms with Crippen molar-refractivity contribution in [2.45, 2.75) is 51.5 Å². The number of hydrogen-bond acceptors (Lipinski definition) is 2. The van der Waals surface area contributed by atoms with Gasteiger partial charge in [0, 0.05) is 19.0 Å². The van der Waals surface area contributed by atoms with Crippen molar-refractivity contribution in [3.63, 3.8) is 0 Å². The van der Waals surface area contributed by atoms with Crippen LogP contribution in [0.25, 0.3) is 0 Å². The van der Waals surface area contributed by atoms with E-state index in [-0.39, 0.29) is 5.92 Å². The van der Waals surface area contributed by atoms with E-state index in [9.17, 15) is 4.79 Å². The maximum absolute atomic E-state index is 13.0. The molecule has 0 bridgehead atoms. The Balaban J connectivity index is 1.84. The molecule has 0 aromatic heterocycles. The Morgan fingerprint density at radius 3 is 2.90 bits per heavy atom. The van der Waals surface area contributed by atoms with E-state index in [2.05, 4.69) is 36.5 Å². The van der Waals surface area contributed by atoms with Gasteiger partial charge in [-0.3, -0.25) is 4.79 Å². The number of hydrogen-bond donors (Lipinski definition) is 1. The molecule has 0 spiro atoms. The van der Waals surface area contributed by atoms with E-state index in [1.807, 2.05) is 0 Å². The van der Waals surface area contributed by atoms with Gasteiger partial charge in [-0.05, 0) is 29.9 Å². The van der Waals surface area contributed by atoms with Gasteiger partial charge in [-0.25, -0.2) is 0 Å². The summed E-state index contributed by atoms with van der Waals surface area (Å²) in [5.41, 5.74) is 2.58. The fourth-order valence-corrected chi connectivity index (χ4v) is 4.08. The zero-order chi connectivity index (χ0) is 13.9. The van der Waals surface area contributed by atoms with Crippen molar-refractivity contribution in [3.05, 3.63) is 35.4 Å². The highest BCUT2D eigenvalue weighted by atomic mass is 16.1. The number of ketones is 1. The minimum atomic E-state index is 0.0806. The maximum Gasteiger partial charge on any atom is 0.144 e. The molecule has 0 saturated heterocycles. The van der Waals surface area contributed by atoms with Crippen LogP contribution in [0.1, 0.15) is 56.1 Å². The van der Waals surface area contributed by atoms with Crippen LogP contribution in [0.4, 0.5) is 0 Å². The van der Waals surface area contributed by atoms with Gasteiger partial charge in [0.15, 0.2) is 0 Å². The van der Waals surface area contributed by atoms with Crippen LogP contribution in [0.5, 0.6) is 0 Å². The fourth-order valence-electron chi connectivity index (χ4n) is 4.08. The second kappa shape index (κ2) is 6.09. The van der Waals surface area contributed by atoms with Gasteiger partial charge >= 0.3 is 0 Å². The Hall–Kier alpha value is -1.15. The summed E-state index contributed by atoms with van der Waals surface area (Å²) in [5.74, 6) is 1.49. The monoisotopic (exact) mass is 271 g/mol. The van der Waals surface area contributed by atoms with Crippen molar-refractivity contribution in [2.24, 2.45) is 11.8 Å². The third kappa shape index (κ3) is 2.54. The molecular weight excluding hydrogens is 246 g/mol. The Kier molecular flexibility index (Phi) is 4.21. The van der Waals surface area contributed by atoms with E-state index < -0.39 is 0 Å². The lowest BCUT2D eigenvalue weighted by Crippen LogP contribution is -2.38. The Morgan fingerprint density at radius 1 is 1.25 bits per heavy atom. The summed E-state index contributed by atoms with van der Waals surface area (Å²) >= 11 is 0. The standard InChI is InChI=1S/C18H25NO/c1-2-13-7-3-6-10-16(13)18(20)17-12-19-11-14-8-4-5-9-15(14)17/h4-5,8-9,13,16-17,19H,2-3,6-7,10-12H2,1H3. The molecule has 3 atom stereocenters. The van der Waals surface area contributed by atoms with Crippen LogP contribution in [0.3, 0.4) is 0 Å². The summed E-state index contributed by atoms with van der Waals surface area (Å²) in [6.07, 6.45) is 6.04. The zero-order valence-electron chi connectivity index (χ0n) is 12.4. The highest BCUT2D eigenvalue weighted by molar-refractivity contribution is 5.89. The number of carbonyl (C=O) groups excluding carboxylic acids is 1. The number of benzene rings is 1. The molecule has 3 unspecified atom stereocenters. The van der Waals surface area contributed by atoms with Gasteiger partial charge in [0.25, 0.3) is 0 Å². The van der Waals surface area contributed by atoms with Crippen molar-refractivity contribution in [1.29, 1.82) is 0 Å². The fraction of sp³-hybridized carbons (Fsp3) is 0.611. The van der Waals surface area contributed by atoms with Crippen LogP contribution in [-0.2, 0) is 11.3 Å². The molecule has 20 heavy (non-hydrogen) atoms. The highest BCUT2D eigenvalue weighted by Gasteiger charge is 2.36. The molecule has 1 saturated carbocycles. The predicted molar refractivity (Wildman–Crippen MR) is 81.6 cm³/mol. The van der Waals surface area contributed by atoms with Gasteiger partial charge in [0.1, 0.15) is 5.78 Å². The number of fused-ring (bicyclic) bond motifs is 1. The van der Waals surface area contributed by atoms with Crippen LogP contribution in [0.15, 0.2) is 24.3 Å². The van der Waals surface area contributed by atoms with Crippen LogP contribution >= 0.6 is 0 Å². The van der Waals surface area contributed by atoms with E-state index in [4.69, 9.17) is 0 Å². The molecule has 1 heterocycles. The lowest BCUT2D eigenvalue weighted by molar-refractivity contribution is -0.127. The number of rotatable bonds is 3. The second-order valence-electron chi connectivity index (χ2n) is 6.34. The normalized spacial score (nSPS) is 29.8. The summed E-state index contributed by atoms with van der Waals surface area (Å²) in [6.45, 7) is 3.97. The highest BCUT2D eigenvalue weighted by Crippen LogP contribution is 2.37. The molecule has 0 amide bonds. The minimum Gasteiger partial charge on any atom is -0.312 e. The molecule has 1 aromatic rings. The number of carbonyl (C=O) groups is 1. The van der Waals surface area contributed by atoms with Crippen molar-refractivity contribution >= 4 is 5.78 Å². The van der Waals surface area contributed by atoms with Gasteiger partial charge < -0.3 is 5.32 Å². The molecule has 0 radical (unpaired) electrons.